The van der Waals surface area contributed by atoms with Crippen LogP contribution in [-0.2, 0) is 4.79 Å². The number of rotatable bonds is 2. The van der Waals surface area contributed by atoms with Crippen molar-refractivity contribution in [2.24, 2.45) is 0 Å². The Morgan fingerprint density at radius 2 is 2.27 bits per heavy atom. The molecule has 15 heavy (non-hydrogen) atoms. The van der Waals surface area contributed by atoms with Crippen LogP contribution in [0.2, 0.25) is 0 Å². The van der Waals surface area contributed by atoms with Crippen molar-refractivity contribution >= 4 is 11.6 Å². The summed E-state index contributed by atoms with van der Waals surface area (Å²) in [6, 6.07) is 3.57. The molecule has 0 aliphatic carbocycles. The number of nitrogens with zero attached hydrogens (tertiary/aromatic N) is 3. The normalized spacial score (nSPS) is 12.9. The topological polar surface area (TPSA) is 67.5 Å². The minimum absolute atomic E-state index is 0.572. The summed E-state index contributed by atoms with van der Waals surface area (Å²) in [5, 5.41) is 16.8. The smallest absolute Gasteiger partial charge is 0.310 e. The van der Waals surface area contributed by atoms with Gasteiger partial charge in [0.1, 0.15) is 5.82 Å². The third-order valence-electron chi connectivity index (χ3n) is 2.47. The summed E-state index contributed by atoms with van der Waals surface area (Å²) in [6.45, 7) is 3.47. The van der Waals surface area contributed by atoms with E-state index in [1.807, 2.05) is 13.1 Å². The van der Waals surface area contributed by atoms with Crippen LogP contribution >= 0.6 is 0 Å². The van der Waals surface area contributed by atoms with Crippen molar-refractivity contribution in [1.82, 2.24) is 14.6 Å². The largest absolute Gasteiger partial charge is 0.481 e. The summed E-state index contributed by atoms with van der Waals surface area (Å²) in [6.07, 6.45) is 1.82. The van der Waals surface area contributed by atoms with Gasteiger partial charge in [-0.25, -0.2) is 0 Å². The summed E-state index contributed by atoms with van der Waals surface area (Å²) in [4.78, 5) is 10.9. The van der Waals surface area contributed by atoms with Gasteiger partial charge in [-0.3, -0.25) is 9.20 Å². The Labute approximate surface area is 86.4 Å². The summed E-state index contributed by atoms with van der Waals surface area (Å²) in [5.74, 6) is -0.675. The molecule has 0 radical (unpaired) electrons. The van der Waals surface area contributed by atoms with Gasteiger partial charge >= 0.3 is 5.97 Å². The molecule has 0 spiro atoms. The maximum Gasteiger partial charge on any atom is 0.310 e. The lowest BCUT2D eigenvalue weighted by atomic mass is 10.0. The number of aromatic nitrogens is 3. The molecule has 0 bridgehead atoms. The molecule has 0 unspecified atom stereocenters. The third-order valence-corrected chi connectivity index (χ3v) is 2.47. The van der Waals surface area contributed by atoms with E-state index in [4.69, 9.17) is 5.11 Å². The van der Waals surface area contributed by atoms with Crippen LogP contribution in [0.4, 0.5) is 0 Å². The second-order valence-corrected chi connectivity index (χ2v) is 3.46. The molecule has 1 atom stereocenters. The summed E-state index contributed by atoms with van der Waals surface area (Å²) < 4.78 is 1.79. The average molecular weight is 205 g/mol. The van der Waals surface area contributed by atoms with E-state index in [1.54, 1.807) is 23.5 Å². The number of hydrogen-bond donors (Lipinski definition) is 1. The van der Waals surface area contributed by atoms with Gasteiger partial charge in [-0.1, -0.05) is 6.07 Å². The predicted octanol–water partition coefficient (Wildman–Crippen LogP) is 1.23. The fourth-order valence-electron chi connectivity index (χ4n) is 1.52. The van der Waals surface area contributed by atoms with Crippen LogP contribution in [0.25, 0.3) is 5.65 Å². The van der Waals surface area contributed by atoms with Crippen LogP contribution < -0.4 is 0 Å². The molecular formula is C10H11N3O2. The quantitative estimate of drug-likeness (QED) is 0.800. The zero-order valence-corrected chi connectivity index (χ0v) is 8.51. The first-order valence-electron chi connectivity index (χ1n) is 4.64. The van der Waals surface area contributed by atoms with Crippen LogP contribution in [0, 0.1) is 6.92 Å². The standard InChI is InChI=1S/C10H11N3O2/c1-6(10(14)15)8-4-3-5-13-7(2)11-12-9(8)13/h3-6H,1-2H3,(H,14,15)/t6-/m0/s1. The monoisotopic (exact) mass is 205 g/mol. The molecule has 0 aromatic carbocycles. The van der Waals surface area contributed by atoms with Crippen LogP contribution in [-0.4, -0.2) is 25.7 Å². The van der Waals surface area contributed by atoms with Crippen LogP contribution in [0.1, 0.15) is 24.2 Å². The van der Waals surface area contributed by atoms with Crippen molar-refractivity contribution < 1.29 is 9.90 Å². The van der Waals surface area contributed by atoms with E-state index in [9.17, 15) is 4.79 Å². The molecule has 78 valence electrons. The molecule has 0 saturated carbocycles. The molecular weight excluding hydrogens is 194 g/mol. The summed E-state index contributed by atoms with van der Waals surface area (Å²) >= 11 is 0. The van der Waals surface area contributed by atoms with E-state index in [1.165, 1.54) is 0 Å². The van der Waals surface area contributed by atoms with Gasteiger partial charge in [-0.05, 0) is 19.9 Å². The lowest BCUT2D eigenvalue weighted by Gasteiger charge is -2.07. The highest BCUT2D eigenvalue weighted by Gasteiger charge is 2.18. The minimum Gasteiger partial charge on any atom is -0.481 e. The minimum atomic E-state index is -0.858. The molecule has 2 aromatic heterocycles. The fraction of sp³-hybridized carbons (Fsp3) is 0.300. The zero-order chi connectivity index (χ0) is 11.0. The second-order valence-electron chi connectivity index (χ2n) is 3.46. The number of pyridine rings is 1. The van der Waals surface area contributed by atoms with E-state index < -0.39 is 11.9 Å². The molecule has 0 aliphatic rings. The zero-order valence-electron chi connectivity index (χ0n) is 8.51. The van der Waals surface area contributed by atoms with Crippen LogP contribution in [0.3, 0.4) is 0 Å². The Morgan fingerprint density at radius 1 is 1.53 bits per heavy atom. The van der Waals surface area contributed by atoms with E-state index >= 15 is 0 Å². The molecule has 2 aromatic rings. The summed E-state index contributed by atoms with van der Waals surface area (Å²) in [5.41, 5.74) is 1.30. The van der Waals surface area contributed by atoms with Gasteiger partial charge in [-0.2, -0.15) is 0 Å². The Balaban J connectivity index is 2.66. The van der Waals surface area contributed by atoms with Gasteiger partial charge < -0.3 is 5.11 Å². The Morgan fingerprint density at radius 3 is 2.93 bits per heavy atom. The van der Waals surface area contributed by atoms with Gasteiger partial charge in [0.05, 0.1) is 5.92 Å². The first-order chi connectivity index (χ1) is 7.11. The number of fused-ring (bicyclic) bond motifs is 1. The third kappa shape index (κ3) is 1.45. The first-order valence-corrected chi connectivity index (χ1v) is 4.64. The molecule has 0 fully saturated rings. The Bertz CT molecular complexity index is 518. The van der Waals surface area contributed by atoms with E-state index in [0.29, 0.717) is 11.2 Å². The lowest BCUT2D eigenvalue weighted by molar-refractivity contribution is -0.138. The van der Waals surface area contributed by atoms with Crippen molar-refractivity contribution in [3.63, 3.8) is 0 Å². The van der Waals surface area contributed by atoms with Crippen molar-refractivity contribution in [2.45, 2.75) is 19.8 Å². The number of aliphatic carboxylic acids is 1. The highest BCUT2D eigenvalue weighted by molar-refractivity contribution is 5.78. The van der Waals surface area contributed by atoms with E-state index in [-0.39, 0.29) is 0 Å². The van der Waals surface area contributed by atoms with Crippen molar-refractivity contribution in [1.29, 1.82) is 0 Å². The molecule has 0 saturated heterocycles. The van der Waals surface area contributed by atoms with Crippen molar-refractivity contribution in [3.8, 4) is 0 Å². The van der Waals surface area contributed by atoms with Crippen molar-refractivity contribution in [3.05, 3.63) is 29.7 Å². The van der Waals surface area contributed by atoms with Gasteiger partial charge in [0.2, 0.25) is 0 Å². The highest BCUT2D eigenvalue weighted by Crippen LogP contribution is 2.19. The Kier molecular flexibility index (Phi) is 2.15. The fourth-order valence-corrected chi connectivity index (χ4v) is 1.52. The van der Waals surface area contributed by atoms with Gasteiger partial charge in [-0.15, -0.1) is 10.2 Å². The molecule has 5 nitrogen and oxygen atoms in total. The maximum absolute atomic E-state index is 10.9. The van der Waals surface area contributed by atoms with Crippen molar-refractivity contribution in [2.75, 3.05) is 0 Å². The predicted molar refractivity (Wildman–Crippen MR) is 53.8 cm³/mol. The van der Waals surface area contributed by atoms with E-state index in [2.05, 4.69) is 10.2 Å². The number of hydrogen-bond acceptors (Lipinski definition) is 3. The maximum atomic E-state index is 10.9. The molecule has 5 heteroatoms. The van der Waals surface area contributed by atoms with Crippen LogP contribution in [0.5, 0.6) is 0 Å². The number of carbonyl (C=O) groups is 1. The number of aryl methyl sites for hydroxylation is 1. The molecule has 1 N–H and O–H groups in total. The number of carboxylic acid groups (broad SMARTS) is 1. The lowest BCUT2D eigenvalue weighted by Crippen LogP contribution is -2.09. The SMILES string of the molecule is Cc1nnc2c([C@H](C)C(=O)O)cccn12. The average Bonchev–Trinajstić information content (AvgIpc) is 2.59. The molecule has 2 heterocycles. The van der Waals surface area contributed by atoms with Crippen LogP contribution in [0.15, 0.2) is 18.3 Å². The van der Waals surface area contributed by atoms with E-state index in [0.717, 1.165) is 5.82 Å². The molecule has 0 amide bonds. The molecule has 2 rings (SSSR count). The second kappa shape index (κ2) is 3.34. The number of carboxylic acids is 1. The summed E-state index contributed by atoms with van der Waals surface area (Å²) in [7, 11) is 0. The molecule has 0 aliphatic heterocycles. The first kappa shape index (κ1) is 9.64. The Hall–Kier alpha value is -1.91. The van der Waals surface area contributed by atoms with Gasteiger partial charge in [0, 0.05) is 11.8 Å². The van der Waals surface area contributed by atoms with Gasteiger partial charge in [0.15, 0.2) is 5.65 Å². The highest BCUT2D eigenvalue weighted by atomic mass is 16.4. The van der Waals surface area contributed by atoms with Gasteiger partial charge in [0.25, 0.3) is 0 Å².